The highest BCUT2D eigenvalue weighted by Gasteiger charge is 2.30. The van der Waals surface area contributed by atoms with Crippen molar-refractivity contribution in [3.8, 4) is 0 Å². The Kier molecular flexibility index (Phi) is 3.59. The van der Waals surface area contributed by atoms with Gasteiger partial charge in [0.15, 0.2) is 0 Å². The van der Waals surface area contributed by atoms with Gasteiger partial charge in [0, 0.05) is 18.9 Å². The summed E-state index contributed by atoms with van der Waals surface area (Å²) in [4.78, 5) is 0. The fraction of sp³-hybridized carbons (Fsp3) is 0.750. The van der Waals surface area contributed by atoms with Gasteiger partial charge in [-0.1, -0.05) is 0 Å². The molecule has 4 heteroatoms. The molecule has 1 aromatic heterocycles. The predicted molar refractivity (Wildman–Crippen MR) is 62.1 cm³/mol. The average molecular weight is 225 g/mol. The molecule has 90 valence electrons. The van der Waals surface area contributed by atoms with Crippen LogP contribution in [0.3, 0.4) is 0 Å². The van der Waals surface area contributed by atoms with E-state index in [1.54, 1.807) is 6.20 Å². The van der Waals surface area contributed by atoms with E-state index in [2.05, 4.69) is 10.4 Å². The Morgan fingerprint density at radius 1 is 1.50 bits per heavy atom. The summed E-state index contributed by atoms with van der Waals surface area (Å²) >= 11 is 0. The Bertz CT molecular complexity index is 327. The van der Waals surface area contributed by atoms with E-state index < -0.39 is 5.67 Å². The molecule has 0 aliphatic carbocycles. The third-order valence-corrected chi connectivity index (χ3v) is 3.48. The number of hydrogen-bond donors (Lipinski definition) is 1. The summed E-state index contributed by atoms with van der Waals surface area (Å²) < 4.78 is 16.3. The van der Waals surface area contributed by atoms with Gasteiger partial charge in [0.25, 0.3) is 0 Å². The van der Waals surface area contributed by atoms with Crippen molar-refractivity contribution in [2.75, 3.05) is 13.1 Å². The quantitative estimate of drug-likeness (QED) is 0.850. The number of hydrogen-bond acceptors (Lipinski definition) is 2. The lowest BCUT2D eigenvalue weighted by Crippen LogP contribution is -2.25. The molecule has 16 heavy (non-hydrogen) atoms. The van der Waals surface area contributed by atoms with Gasteiger partial charge >= 0.3 is 0 Å². The van der Waals surface area contributed by atoms with Gasteiger partial charge in [-0.15, -0.1) is 0 Å². The first-order chi connectivity index (χ1) is 7.70. The molecule has 0 bridgehead atoms. The van der Waals surface area contributed by atoms with Crippen LogP contribution in [0.2, 0.25) is 0 Å². The lowest BCUT2D eigenvalue weighted by molar-refractivity contribution is 0.131. The van der Waals surface area contributed by atoms with E-state index in [4.69, 9.17) is 0 Å². The number of nitrogens with one attached hydrogen (secondary N) is 1. The molecule has 1 saturated heterocycles. The highest BCUT2D eigenvalue weighted by atomic mass is 19.1. The van der Waals surface area contributed by atoms with E-state index >= 15 is 0 Å². The van der Waals surface area contributed by atoms with Crippen LogP contribution in [0.1, 0.15) is 31.4 Å². The number of halogens is 1. The summed E-state index contributed by atoms with van der Waals surface area (Å²) in [6, 6.07) is 1.97. The van der Waals surface area contributed by atoms with Crippen LogP contribution in [-0.4, -0.2) is 28.5 Å². The van der Waals surface area contributed by atoms with Crippen molar-refractivity contribution in [2.45, 2.75) is 37.8 Å². The molecule has 1 N–H and O–H groups in total. The molecular formula is C12H20FN3. The first-order valence-electron chi connectivity index (χ1n) is 6.06. The van der Waals surface area contributed by atoms with E-state index in [-0.39, 0.29) is 0 Å². The van der Waals surface area contributed by atoms with Crippen LogP contribution in [0.25, 0.3) is 0 Å². The van der Waals surface area contributed by atoms with Gasteiger partial charge in [0.2, 0.25) is 0 Å². The molecular weight excluding hydrogens is 205 g/mol. The molecule has 1 fully saturated rings. The van der Waals surface area contributed by atoms with E-state index in [0.29, 0.717) is 19.3 Å². The maximum absolute atomic E-state index is 14.5. The van der Waals surface area contributed by atoms with Crippen LogP contribution >= 0.6 is 0 Å². The molecule has 0 aromatic carbocycles. The fourth-order valence-electron chi connectivity index (χ4n) is 2.34. The first-order valence-corrected chi connectivity index (χ1v) is 6.06. The van der Waals surface area contributed by atoms with Crippen LogP contribution in [0, 0.1) is 0 Å². The minimum Gasteiger partial charge on any atom is -0.317 e. The van der Waals surface area contributed by atoms with Crippen molar-refractivity contribution in [1.29, 1.82) is 0 Å². The average Bonchev–Trinajstić information content (AvgIpc) is 2.54. The summed E-state index contributed by atoms with van der Waals surface area (Å²) in [5.41, 5.74) is 0.141. The molecule has 1 atom stereocenters. The molecule has 1 unspecified atom stereocenters. The molecule has 1 aliphatic heterocycles. The van der Waals surface area contributed by atoms with Crippen molar-refractivity contribution >= 4 is 0 Å². The standard InChI is InChI=1S/C12H20FN3/c1-16-11(4-9-15-16)3-6-12(13)5-2-8-14-10-7-12/h4,9,14H,2-3,5-8,10H2,1H3. The second-order valence-corrected chi connectivity index (χ2v) is 4.70. The van der Waals surface area contributed by atoms with Crippen molar-refractivity contribution in [1.82, 2.24) is 15.1 Å². The molecule has 0 radical (unpaired) electrons. The predicted octanol–water partition coefficient (Wildman–Crippen LogP) is 1.83. The lowest BCUT2D eigenvalue weighted by atomic mass is 9.91. The molecule has 1 aliphatic rings. The highest BCUT2D eigenvalue weighted by Crippen LogP contribution is 2.29. The van der Waals surface area contributed by atoms with E-state index in [9.17, 15) is 4.39 Å². The molecule has 0 amide bonds. The monoisotopic (exact) mass is 225 g/mol. The van der Waals surface area contributed by atoms with Crippen molar-refractivity contribution in [3.05, 3.63) is 18.0 Å². The summed E-state index contributed by atoms with van der Waals surface area (Å²) in [5.74, 6) is 0. The molecule has 1 aromatic rings. The smallest absolute Gasteiger partial charge is 0.112 e. The van der Waals surface area contributed by atoms with Crippen molar-refractivity contribution in [2.24, 2.45) is 7.05 Å². The van der Waals surface area contributed by atoms with Crippen LogP contribution in [-0.2, 0) is 13.5 Å². The maximum Gasteiger partial charge on any atom is 0.112 e. The number of alkyl halides is 1. The second kappa shape index (κ2) is 4.95. The van der Waals surface area contributed by atoms with E-state index in [1.165, 1.54) is 0 Å². The molecule has 2 rings (SSSR count). The van der Waals surface area contributed by atoms with E-state index in [1.807, 2.05) is 17.8 Å². The van der Waals surface area contributed by atoms with Gasteiger partial charge in [-0.25, -0.2) is 4.39 Å². The van der Waals surface area contributed by atoms with Gasteiger partial charge in [-0.2, -0.15) is 5.10 Å². The SMILES string of the molecule is Cn1nccc1CCC1(F)CCCNCC1. The molecule has 2 heterocycles. The van der Waals surface area contributed by atoms with Gasteiger partial charge in [-0.3, -0.25) is 4.68 Å². The number of aryl methyl sites for hydroxylation is 2. The second-order valence-electron chi connectivity index (χ2n) is 4.70. The fourth-order valence-corrected chi connectivity index (χ4v) is 2.34. The minimum absolute atomic E-state index is 0.619. The highest BCUT2D eigenvalue weighted by molar-refractivity contribution is 5.01. The van der Waals surface area contributed by atoms with Gasteiger partial charge in [-0.05, 0) is 51.3 Å². The van der Waals surface area contributed by atoms with Crippen molar-refractivity contribution < 1.29 is 4.39 Å². The number of nitrogens with zero attached hydrogens (tertiary/aromatic N) is 2. The van der Waals surface area contributed by atoms with Gasteiger partial charge in [0.05, 0.1) is 0 Å². The summed E-state index contributed by atoms with van der Waals surface area (Å²) in [5, 5.41) is 7.35. The van der Waals surface area contributed by atoms with Crippen LogP contribution in [0.15, 0.2) is 12.3 Å². The van der Waals surface area contributed by atoms with Crippen LogP contribution < -0.4 is 5.32 Å². The normalized spacial score (nSPS) is 26.6. The van der Waals surface area contributed by atoms with Gasteiger partial charge in [0.1, 0.15) is 5.67 Å². The molecule has 0 spiro atoms. The van der Waals surface area contributed by atoms with E-state index in [0.717, 1.165) is 31.6 Å². The Labute approximate surface area is 96.0 Å². The minimum atomic E-state index is -0.978. The third kappa shape index (κ3) is 2.82. The zero-order chi connectivity index (χ0) is 11.4. The largest absolute Gasteiger partial charge is 0.317 e. The molecule has 3 nitrogen and oxygen atoms in total. The zero-order valence-electron chi connectivity index (χ0n) is 9.88. The lowest BCUT2D eigenvalue weighted by Gasteiger charge is -2.23. The Hall–Kier alpha value is -0.900. The summed E-state index contributed by atoms with van der Waals surface area (Å²) in [7, 11) is 1.91. The summed E-state index contributed by atoms with van der Waals surface area (Å²) in [6.45, 7) is 1.76. The van der Waals surface area contributed by atoms with Gasteiger partial charge < -0.3 is 5.32 Å². The molecule has 0 saturated carbocycles. The Balaban J connectivity index is 1.90. The third-order valence-electron chi connectivity index (χ3n) is 3.48. The zero-order valence-corrected chi connectivity index (χ0v) is 9.88. The number of rotatable bonds is 3. The van der Waals surface area contributed by atoms with Crippen LogP contribution in [0.5, 0.6) is 0 Å². The first kappa shape index (κ1) is 11.6. The Morgan fingerprint density at radius 3 is 3.12 bits per heavy atom. The maximum atomic E-state index is 14.5. The topological polar surface area (TPSA) is 29.9 Å². The Morgan fingerprint density at radius 2 is 2.38 bits per heavy atom. The van der Waals surface area contributed by atoms with Crippen molar-refractivity contribution in [3.63, 3.8) is 0 Å². The number of aromatic nitrogens is 2. The summed E-state index contributed by atoms with van der Waals surface area (Å²) in [6.07, 6.45) is 5.46. The van der Waals surface area contributed by atoms with Crippen LogP contribution in [0.4, 0.5) is 4.39 Å².